The lowest BCUT2D eigenvalue weighted by molar-refractivity contribution is 0.295. The van der Waals surface area contributed by atoms with Crippen molar-refractivity contribution in [2.75, 3.05) is 6.61 Å². The van der Waals surface area contributed by atoms with E-state index in [4.69, 9.17) is 5.11 Å². The quantitative estimate of drug-likeness (QED) is 0.622. The second-order valence-corrected chi connectivity index (χ2v) is 3.47. The van der Waals surface area contributed by atoms with Crippen molar-refractivity contribution < 1.29 is 5.11 Å². The summed E-state index contributed by atoms with van der Waals surface area (Å²) in [5.74, 6) is 1.04. The molecule has 0 heterocycles. The van der Waals surface area contributed by atoms with Gasteiger partial charge in [0.15, 0.2) is 0 Å². The van der Waals surface area contributed by atoms with Gasteiger partial charge in [0.2, 0.25) is 0 Å². The molecular formula is C10H22O. The Bertz CT molecular complexity index is 63.3. The zero-order valence-corrected chi connectivity index (χ0v) is 7.97. The van der Waals surface area contributed by atoms with E-state index < -0.39 is 0 Å². The van der Waals surface area contributed by atoms with E-state index in [2.05, 4.69) is 6.92 Å². The summed E-state index contributed by atoms with van der Waals surface area (Å²) in [6.45, 7) is 4.61. The third-order valence-corrected chi connectivity index (χ3v) is 2.12. The minimum absolute atomic E-state index is 0.319. The highest BCUT2D eigenvalue weighted by Gasteiger charge is 2.05. The number of hydrogen-bond acceptors (Lipinski definition) is 1. The molecule has 1 fully saturated rings. The van der Waals surface area contributed by atoms with Crippen LogP contribution >= 0.6 is 0 Å². The largest absolute Gasteiger partial charge is 0.396 e. The number of hydrogen-bond donors (Lipinski definition) is 1. The average Bonchev–Trinajstić information content (AvgIpc) is 2.07. The first kappa shape index (κ1) is 11.0. The molecule has 1 aliphatic carbocycles. The van der Waals surface area contributed by atoms with Crippen LogP contribution in [0.1, 0.15) is 52.4 Å². The lowest BCUT2D eigenvalue weighted by Crippen LogP contribution is -1.99. The molecule has 0 atom stereocenters. The summed E-state index contributed by atoms with van der Waals surface area (Å²) < 4.78 is 0. The molecule has 1 nitrogen and oxygen atoms in total. The fraction of sp³-hybridized carbons (Fsp3) is 1.00. The van der Waals surface area contributed by atoms with Gasteiger partial charge in [-0.05, 0) is 12.3 Å². The second kappa shape index (κ2) is 8.06. The van der Waals surface area contributed by atoms with Crippen molar-refractivity contribution in [3.05, 3.63) is 0 Å². The molecule has 1 N–H and O–H groups in total. The van der Waals surface area contributed by atoms with Crippen molar-refractivity contribution in [2.24, 2.45) is 5.92 Å². The van der Waals surface area contributed by atoms with Crippen LogP contribution in [0.2, 0.25) is 0 Å². The molecule has 1 aliphatic rings. The minimum atomic E-state index is 0.319. The van der Waals surface area contributed by atoms with E-state index in [9.17, 15) is 0 Å². The molecule has 1 rings (SSSR count). The van der Waals surface area contributed by atoms with E-state index in [-0.39, 0.29) is 0 Å². The van der Waals surface area contributed by atoms with Crippen LogP contribution in [0, 0.1) is 5.92 Å². The van der Waals surface area contributed by atoms with Gasteiger partial charge in [-0.2, -0.15) is 0 Å². The maximum atomic E-state index is 7.88. The van der Waals surface area contributed by atoms with Gasteiger partial charge < -0.3 is 5.11 Å². The number of aliphatic hydroxyl groups is 1. The number of aliphatic hydroxyl groups excluding tert-OH is 1. The average molecular weight is 158 g/mol. The molecule has 68 valence electrons. The lowest BCUT2D eigenvalue weighted by atomic mass is 9.91. The Hall–Kier alpha value is -0.0400. The van der Waals surface area contributed by atoms with Crippen molar-refractivity contribution in [3.63, 3.8) is 0 Å². The van der Waals surface area contributed by atoms with Crippen LogP contribution in [0.15, 0.2) is 0 Å². The highest BCUT2D eigenvalue weighted by atomic mass is 16.2. The van der Waals surface area contributed by atoms with Crippen LogP contribution < -0.4 is 0 Å². The SMILES string of the molecule is CC1CCCCC1.CCCO. The molecule has 0 aromatic heterocycles. The molecule has 0 aromatic rings. The van der Waals surface area contributed by atoms with Crippen LogP contribution in [0.5, 0.6) is 0 Å². The lowest BCUT2D eigenvalue weighted by Gasteiger charge is -2.15. The first-order valence-corrected chi connectivity index (χ1v) is 4.92. The van der Waals surface area contributed by atoms with Crippen molar-refractivity contribution >= 4 is 0 Å². The second-order valence-electron chi connectivity index (χ2n) is 3.47. The molecule has 0 spiro atoms. The van der Waals surface area contributed by atoms with Gasteiger partial charge in [-0.3, -0.25) is 0 Å². The molecule has 0 bridgehead atoms. The molecule has 1 saturated carbocycles. The molecule has 11 heavy (non-hydrogen) atoms. The Morgan fingerprint density at radius 1 is 1.18 bits per heavy atom. The molecule has 1 heteroatoms. The zero-order valence-electron chi connectivity index (χ0n) is 7.97. The zero-order chi connectivity index (χ0) is 8.53. The monoisotopic (exact) mass is 158 g/mol. The fourth-order valence-corrected chi connectivity index (χ4v) is 1.31. The maximum absolute atomic E-state index is 7.88. The standard InChI is InChI=1S/C7H14.C3H8O/c1-7-5-3-2-4-6-7;1-2-3-4/h7H,2-6H2,1H3;4H,2-3H2,1H3. The van der Waals surface area contributed by atoms with Gasteiger partial charge in [0.05, 0.1) is 0 Å². The normalized spacial score (nSPS) is 18.8. The van der Waals surface area contributed by atoms with Gasteiger partial charge in [0, 0.05) is 6.61 Å². The van der Waals surface area contributed by atoms with Gasteiger partial charge in [0.1, 0.15) is 0 Å². The van der Waals surface area contributed by atoms with Crippen molar-refractivity contribution in [2.45, 2.75) is 52.4 Å². The minimum Gasteiger partial charge on any atom is -0.396 e. The first-order chi connectivity index (χ1) is 5.31. The molecule has 0 saturated heterocycles. The van der Waals surface area contributed by atoms with Crippen molar-refractivity contribution in [1.82, 2.24) is 0 Å². The van der Waals surface area contributed by atoms with Gasteiger partial charge in [-0.15, -0.1) is 0 Å². The first-order valence-electron chi connectivity index (χ1n) is 4.92. The van der Waals surface area contributed by atoms with E-state index in [0.29, 0.717) is 6.61 Å². The molecule has 0 aromatic carbocycles. The van der Waals surface area contributed by atoms with Gasteiger partial charge in [0.25, 0.3) is 0 Å². The highest BCUT2D eigenvalue weighted by Crippen LogP contribution is 2.21. The van der Waals surface area contributed by atoms with Crippen LogP contribution in [0.25, 0.3) is 0 Å². The third kappa shape index (κ3) is 7.86. The molecule has 0 amide bonds. The molecular weight excluding hydrogens is 136 g/mol. The summed E-state index contributed by atoms with van der Waals surface area (Å²) in [4.78, 5) is 0. The Labute approximate surface area is 70.8 Å². The third-order valence-electron chi connectivity index (χ3n) is 2.12. The molecule has 0 aliphatic heterocycles. The summed E-state index contributed by atoms with van der Waals surface area (Å²) in [6, 6.07) is 0. The van der Waals surface area contributed by atoms with Gasteiger partial charge >= 0.3 is 0 Å². The van der Waals surface area contributed by atoms with Crippen LogP contribution in [0.3, 0.4) is 0 Å². The van der Waals surface area contributed by atoms with E-state index >= 15 is 0 Å². The molecule has 0 radical (unpaired) electrons. The van der Waals surface area contributed by atoms with E-state index in [0.717, 1.165) is 12.3 Å². The summed E-state index contributed by atoms with van der Waals surface area (Å²) >= 11 is 0. The van der Waals surface area contributed by atoms with Crippen molar-refractivity contribution in [3.8, 4) is 0 Å². The Kier molecular flexibility index (Phi) is 8.03. The van der Waals surface area contributed by atoms with Gasteiger partial charge in [-0.1, -0.05) is 46.0 Å². The predicted octanol–water partition coefficient (Wildman–Crippen LogP) is 2.98. The predicted molar refractivity (Wildman–Crippen MR) is 49.6 cm³/mol. The van der Waals surface area contributed by atoms with Gasteiger partial charge in [-0.25, -0.2) is 0 Å². The summed E-state index contributed by atoms with van der Waals surface area (Å²) in [5.41, 5.74) is 0. The number of rotatable bonds is 1. The topological polar surface area (TPSA) is 20.2 Å². The fourth-order valence-electron chi connectivity index (χ4n) is 1.31. The maximum Gasteiger partial charge on any atom is 0.0428 e. The van der Waals surface area contributed by atoms with E-state index in [1.165, 1.54) is 32.1 Å². The smallest absolute Gasteiger partial charge is 0.0428 e. The van der Waals surface area contributed by atoms with E-state index in [1.807, 2.05) is 6.92 Å². The Balaban J connectivity index is 0.000000218. The molecule has 0 unspecified atom stereocenters. The van der Waals surface area contributed by atoms with Crippen LogP contribution in [0.4, 0.5) is 0 Å². The Morgan fingerprint density at radius 3 is 1.82 bits per heavy atom. The van der Waals surface area contributed by atoms with Crippen molar-refractivity contribution in [1.29, 1.82) is 0 Å². The van der Waals surface area contributed by atoms with Crippen LogP contribution in [-0.2, 0) is 0 Å². The Morgan fingerprint density at radius 2 is 1.64 bits per heavy atom. The highest BCUT2D eigenvalue weighted by molar-refractivity contribution is 4.59. The summed E-state index contributed by atoms with van der Waals surface area (Å²) in [6.07, 6.45) is 8.31. The van der Waals surface area contributed by atoms with Crippen LogP contribution in [-0.4, -0.2) is 11.7 Å². The van der Waals surface area contributed by atoms with E-state index in [1.54, 1.807) is 0 Å². The summed E-state index contributed by atoms with van der Waals surface area (Å²) in [7, 11) is 0. The summed E-state index contributed by atoms with van der Waals surface area (Å²) in [5, 5.41) is 7.88.